The lowest BCUT2D eigenvalue weighted by Crippen LogP contribution is -2.66. The Hall–Kier alpha value is 0.0169. The van der Waals surface area contributed by atoms with E-state index in [1.165, 1.54) is 12.8 Å². The van der Waals surface area contributed by atoms with Gasteiger partial charge in [-0.2, -0.15) is 0 Å². The summed E-state index contributed by atoms with van der Waals surface area (Å²) in [5, 5.41) is -0.252. The van der Waals surface area contributed by atoms with Gasteiger partial charge in [-0.25, -0.2) is 0 Å². The average molecular weight is 333 g/mol. The molecule has 1 heterocycles. The summed E-state index contributed by atoms with van der Waals surface area (Å²) in [6.45, 7) is 8.89. The van der Waals surface area contributed by atoms with Crippen LogP contribution in [0.4, 0.5) is 0 Å². The SMILES string of the molecule is CCOC1(CCC(N)CCN)CCCC[Si]1(OCC)OCC. The van der Waals surface area contributed by atoms with Crippen LogP contribution in [0.1, 0.15) is 59.3 Å². The molecule has 1 fully saturated rings. The predicted molar refractivity (Wildman–Crippen MR) is 92.9 cm³/mol. The maximum Gasteiger partial charge on any atom is 0.371 e. The quantitative estimate of drug-likeness (QED) is 0.568. The van der Waals surface area contributed by atoms with Crippen molar-refractivity contribution in [1.29, 1.82) is 0 Å². The molecule has 5 nitrogen and oxygen atoms in total. The first-order chi connectivity index (χ1) is 10.6. The van der Waals surface area contributed by atoms with E-state index in [2.05, 4.69) is 20.8 Å². The molecule has 1 aliphatic heterocycles. The highest BCUT2D eigenvalue weighted by molar-refractivity contribution is 6.70. The zero-order valence-corrected chi connectivity index (χ0v) is 15.7. The first-order valence-corrected chi connectivity index (χ1v) is 11.0. The second kappa shape index (κ2) is 10.0. The fourth-order valence-corrected chi connectivity index (χ4v) is 8.17. The van der Waals surface area contributed by atoms with E-state index in [-0.39, 0.29) is 11.3 Å². The van der Waals surface area contributed by atoms with Gasteiger partial charge in [0.2, 0.25) is 0 Å². The Labute approximate surface area is 137 Å². The standard InChI is InChI=1S/C16H36N2O3Si/c1-4-19-16(12-9-15(18)10-13-17)11-7-8-14-22(16,20-5-2)21-6-3/h15H,4-14,17-18H2,1-3H3. The topological polar surface area (TPSA) is 79.7 Å². The molecule has 1 aliphatic rings. The zero-order valence-electron chi connectivity index (χ0n) is 14.7. The van der Waals surface area contributed by atoms with Crippen molar-refractivity contribution in [2.24, 2.45) is 11.5 Å². The van der Waals surface area contributed by atoms with E-state index in [1.807, 2.05) is 0 Å². The number of ether oxygens (including phenoxy) is 1. The van der Waals surface area contributed by atoms with Crippen LogP contribution in [0.3, 0.4) is 0 Å². The summed E-state index contributed by atoms with van der Waals surface area (Å²) in [6.07, 6.45) is 6.10. The number of nitrogens with two attached hydrogens (primary N) is 2. The van der Waals surface area contributed by atoms with Gasteiger partial charge in [0.25, 0.3) is 0 Å². The molecular formula is C16H36N2O3Si. The van der Waals surface area contributed by atoms with Gasteiger partial charge in [0.05, 0.1) is 0 Å². The molecule has 0 amide bonds. The first kappa shape index (κ1) is 20.1. The molecule has 0 aliphatic carbocycles. The molecule has 132 valence electrons. The Kier molecular flexibility index (Phi) is 9.12. The summed E-state index contributed by atoms with van der Waals surface area (Å²) in [6, 6.07) is 1.17. The number of rotatable bonds is 11. The van der Waals surface area contributed by atoms with Crippen molar-refractivity contribution in [3.05, 3.63) is 0 Å². The summed E-state index contributed by atoms with van der Waals surface area (Å²) in [5.41, 5.74) is 11.8. The van der Waals surface area contributed by atoms with Gasteiger partial charge in [-0.1, -0.05) is 12.8 Å². The Morgan fingerprint density at radius 1 is 1.05 bits per heavy atom. The first-order valence-electron chi connectivity index (χ1n) is 8.97. The average Bonchev–Trinajstić information content (AvgIpc) is 2.49. The predicted octanol–water partition coefficient (Wildman–Crippen LogP) is 2.46. The minimum absolute atomic E-state index is 0.138. The number of hydrogen-bond acceptors (Lipinski definition) is 5. The molecule has 0 aromatic carbocycles. The van der Waals surface area contributed by atoms with Crippen molar-refractivity contribution >= 4 is 8.56 Å². The summed E-state index contributed by atoms with van der Waals surface area (Å²) in [5.74, 6) is 0. The van der Waals surface area contributed by atoms with Crippen molar-refractivity contribution in [3.8, 4) is 0 Å². The highest BCUT2D eigenvalue weighted by atomic mass is 28.4. The third kappa shape index (κ3) is 4.76. The van der Waals surface area contributed by atoms with Gasteiger partial charge in [0, 0.05) is 25.9 Å². The van der Waals surface area contributed by atoms with E-state index < -0.39 is 8.56 Å². The molecule has 2 unspecified atom stereocenters. The molecule has 1 rings (SSSR count). The van der Waals surface area contributed by atoms with Gasteiger partial charge in [-0.15, -0.1) is 0 Å². The fourth-order valence-electron chi connectivity index (χ4n) is 3.72. The van der Waals surface area contributed by atoms with Gasteiger partial charge >= 0.3 is 8.56 Å². The Morgan fingerprint density at radius 2 is 1.73 bits per heavy atom. The zero-order chi connectivity index (χ0) is 16.5. The van der Waals surface area contributed by atoms with Crippen molar-refractivity contribution in [1.82, 2.24) is 0 Å². The van der Waals surface area contributed by atoms with Crippen LogP contribution in [0.2, 0.25) is 6.04 Å². The smallest absolute Gasteiger partial charge is 0.371 e. The monoisotopic (exact) mass is 332 g/mol. The molecule has 1 saturated heterocycles. The van der Waals surface area contributed by atoms with E-state index in [9.17, 15) is 0 Å². The van der Waals surface area contributed by atoms with E-state index in [4.69, 9.17) is 25.1 Å². The van der Waals surface area contributed by atoms with Crippen molar-refractivity contribution in [2.75, 3.05) is 26.4 Å². The van der Waals surface area contributed by atoms with Crippen LogP contribution in [0, 0.1) is 0 Å². The van der Waals surface area contributed by atoms with Gasteiger partial charge in [-0.3, -0.25) is 0 Å². The Bertz CT molecular complexity index is 292. The van der Waals surface area contributed by atoms with Crippen LogP contribution in [-0.4, -0.2) is 46.2 Å². The fraction of sp³-hybridized carbons (Fsp3) is 1.00. The highest BCUT2D eigenvalue weighted by Crippen LogP contribution is 2.44. The molecule has 0 saturated carbocycles. The normalized spacial score (nSPS) is 26.0. The molecule has 0 aromatic heterocycles. The Morgan fingerprint density at radius 3 is 2.27 bits per heavy atom. The van der Waals surface area contributed by atoms with Crippen molar-refractivity contribution in [3.63, 3.8) is 0 Å². The molecule has 2 atom stereocenters. The second-order valence-corrected chi connectivity index (χ2v) is 9.62. The van der Waals surface area contributed by atoms with Crippen LogP contribution in [-0.2, 0) is 13.6 Å². The summed E-state index contributed by atoms with van der Waals surface area (Å²) >= 11 is 0. The maximum atomic E-state index is 6.35. The summed E-state index contributed by atoms with van der Waals surface area (Å²) in [7, 11) is -2.38. The third-order valence-electron chi connectivity index (χ3n) is 4.66. The lowest BCUT2D eigenvalue weighted by molar-refractivity contribution is -0.0474. The summed E-state index contributed by atoms with van der Waals surface area (Å²) < 4.78 is 18.9. The molecule has 0 radical (unpaired) electrons. The lowest BCUT2D eigenvalue weighted by atomic mass is 10.0. The Balaban J connectivity index is 2.96. The van der Waals surface area contributed by atoms with Crippen LogP contribution in [0.15, 0.2) is 0 Å². The van der Waals surface area contributed by atoms with Crippen molar-refractivity contribution in [2.45, 2.75) is 76.6 Å². The minimum atomic E-state index is -2.38. The van der Waals surface area contributed by atoms with E-state index in [0.29, 0.717) is 26.4 Å². The van der Waals surface area contributed by atoms with Crippen LogP contribution < -0.4 is 11.5 Å². The molecule has 4 N–H and O–H groups in total. The van der Waals surface area contributed by atoms with Crippen LogP contribution in [0.5, 0.6) is 0 Å². The second-order valence-electron chi connectivity index (χ2n) is 6.13. The van der Waals surface area contributed by atoms with Gasteiger partial charge < -0.3 is 25.1 Å². The van der Waals surface area contributed by atoms with E-state index in [1.54, 1.807) is 0 Å². The lowest BCUT2D eigenvalue weighted by Gasteiger charge is -2.49. The highest BCUT2D eigenvalue weighted by Gasteiger charge is 2.59. The van der Waals surface area contributed by atoms with Gasteiger partial charge in [-0.05, 0) is 59.0 Å². The molecule has 0 spiro atoms. The largest absolute Gasteiger partial charge is 0.393 e. The van der Waals surface area contributed by atoms with Crippen LogP contribution >= 0.6 is 0 Å². The molecule has 0 bridgehead atoms. The van der Waals surface area contributed by atoms with Gasteiger partial charge in [0.15, 0.2) is 0 Å². The maximum absolute atomic E-state index is 6.35. The molecule has 0 aromatic rings. The molecule has 22 heavy (non-hydrogen) atoms. The van der Waals surface area contributed by atoms with E-state index >= 15 is 0 Å². The van der Waals surface area contributed by atoms with E-state index in [0.717, 1.165) is 31.7 Å². The van der Waals surface area contributed by atoms with Gasteiger partial charge in [0.1, 0.15) is 5.22 Å². The summed E-state index contributed by atoms with van der Waals surface area (Å²) in [4.78, 5) is 0. The minimum Gasteiger partial charge on any atom is -0.393 e. The molecule has 6 heteroatoms. The number of hydrogen-bond donors (Lipinski definition) is 2. The molecular weight excluding hydrogens is 296 g/mol. The van der Waals surface area contributed by atoms with Crippen molar-refractivity contribution < 1.29 is 13.6 Å². The van der Waals surface area contributed by atoms with Crippen LogP contribution in [0.25, 0.3) is 0 Å². The third-order valence-corrected chi connectivity index (χ3v) is 9.22.